The summed E-state index contributed by atoms with van der Waals surface area (Å²) < 4.78 is 5.60. The molecule has 6 heteroatoms. The van der Waals surface area contributed by atoms with Gasteiger partial charge >= 0.3 is 0 Å². The average molecular weight is 277 g/mol. The van der Waals surface area contributed by atoms with Crippen molar-refractivity contribution in [1.82, 2.24) is 10.2 Å². The van der Waals surface area contributed by atoms with Crippen molar-refractivity contribution in [2.75, 3.05) is 11.9 Å². The summed E-state index contributed by atoms with van der Waals surface area (Å²) in [6.45, 7) is 5.93. The summed E-state index contributed by atoms with van der Waals surface area (Å²) in [5, 5.41) is 10.5. The van der Waals surface area contributed by atoms with Gasteiger partial charge in [0, 0.05) is 0 Å². The van der Waals surface area contributed by atoms with E-state index in [0.717, 1.165) is 22.4 Å². The fourth-order valence-electron chi connectivity index (χ4n) is 1.67. The van der Waals surface area contributed by atoms with Gasteiger partial charge in [-0.3, -0.25) is 10.1 Å². The normalized spacial score (nSPS) is 10.3. The summed E-state index contributed by atoms with van der Waals surface area (Å²) in [5.41, 5.74) is 4.78. The molecule has 2 aromatic rings. The first-order valence-corrected chi connectivity index (χ1v) is 6.71. The van der Waals surface area contributed by atoms with Crippen LogP contribution in [0.5, 0.6) is 5.75 Å². The molecule has 1 aromatic carbocycles. The van der Waals surface area contributed by atoms with Crippen LogP contribution in [0.25, 0.3) is 0 Å². The minimum atomic E-state index is -0.239. The third-order valence-electron chi connectivity index (χ3n) is 2.83. The molecule has 0 atom stereocenters. The number of ether oxygens (including phenoxy) is 1. The minimum Gasteiger partial charge on any atom is -0.483 e. The van der Waals surface area contributed by atoms with Gasteiger partial charge in [-0.2, -0.15) is 0 Å². The van der Waals surface area contributed by atoms with Crippen molar-refractivity contribution in [3.8, 4) is 5.75 Å². The second-order valence-electron chi connectivity index (χ2n) is 4.23. The number of rotatable bonds is 4. The van der Waals surface area contributed by atoms with E-state index in [9.17, 15) is 4.79 Å². The monoisotopic (exact) mass is 277 g/mol. The second-order valence-corrected chi connectivity index (χ2v) is 5.07. The molecule has 0 radical (unpaired) electrons. The molecule has 19 heavy (non-hydrogen) atoms. The van der Waals surface area contributed by atoms with Crippen molar-refractivity contribution >= 4 is 22.4 Å². The van der Waals surface area contributed by atoms with E-state index >= 15 is 0 Å². The Bertz CT molecular complexity index is 582. The van der Waals surface area contributed by atoms with E-state index in [0.29, 0.717) is 5.13 Å². The molecule has 0 bridgehead atoms. The Morgan fingerprint density at radius 2 is 2.05 bits per heavy atom. The quantitative estimate of drug-likeness (QED) is 0.932. The van der Waals surface area contributed by atoms with Crippen LogP contribution in [0.15, 0.2) is 17.6 Å². The molecule has 0 unspecified atom stereocenters. The van der Waals surface area contributed by atoms with Gasteiger partial charge in [0.05, 0.1) is 0 Å². The van der Waals surface area contributed by atoms with Gasteiger partial charge in [-0.05, 0) is 37.5 Å². The van der Waals surface area contributed by atoms with Crippen LogP contribution in [-0.4, -0.2) is 22.7 Å². The van der Waals surface area contributed by atoms with Crippen LogP contribution in [0.4, 0.5) is 5.13 Å². The number of aryl methyl sites for hydroxylation is 2. The highest BCUT2D eigenvalue weighted by molar-refractivity contribution is 7.13. The maximum absolute atomic E-state index is 11.7. The number of nitrogens with zero attached hydrogens (tertiary/aromatic N) is 2. The molecule has 0 saturated heterocycles. The van der Waals surface area contributed by atoms with Gasteiger partial charge in [-0.25, -0.2) is 0 Å². The largest absolute Gasteiger partial charge is 0.483 e. The Hall–Kier alpha value is -1.95. The van der Waals surface area contributed by atoms with Gasteiger partial charge in [0.2, 0.25) is 5.13 Å². The zero-order valence-corrected chi connectivity index (χ0v) is 11.9. The fraction of sp³-hybridized carbons (Fsp3) is 0.308. The number of nitrogens with one attached hydrogen (secondary N) is 1. The van der Waals surface area contributed by atoms with Crippen molar-refractivity contribution in [1.29, 1.82) is 0 Å². The first kappa shape index (κ1) is 13.5. The Balaban J connectivity index is 1.99. The number of amides is 1. The average Bonchev–Trinajstić information content (AvgIpc) is 2.87. The van der Waals surface area contributed by atoms with Gasteiger partial charge < -0.3 is 4.74 Å². The van der Waals surface area contributed by atoms with Crippen molar-refractivity contribution in [3.63, 3.8) is 0 Å². The molecular formula is C13H15N3O2S. The minimum absolute atomic E-state index is 0.0370. The molecule has 100 valence electrons. The van der Waals surface area contributed by atoms with Crippen LogP contribution in [0.1, 0.15) is 16.7 Å². The van der Waals surface area contributed by atoms with Crippen molar-refractivity contribution < 1.29 is 9.53 Å². The lowest BCUT2D eigenvalue weighted by molar-refractivity contribution is -0.118. The number of hydrogen-bond donors (Lipinski definition) is 1. The Labute approximate surface area is 115 Å². The third-order valence-corrected chi connectivity index (χ3v) is 3.43. The summed E-state index contributed by atoms with van der Waals surface area (Å²) in [4.78, 5) is 11.7. The zero-order chi connectivity index (χ0) is 13.8. The fourth-order valence-corrected chi connectivity index (χ4v) is 2.13. The SMILES string of the molecule is Cc1ccc(C)c(OCC(=O)Nc2nncs2)c1C. The topological polar surface area (TPSA) is 64.1 Å². The molecular weight excluding hydrogens is 262 g/mol. The smallest absolute Gasteiger partial charge is 0.264 e. The number of anilines is 1. The lowest BCUT2D eigenvalue weighted by Gasteiger charge is -2.13. The molecule has 1 aromatic heterocycles. The van der Waals surface area contributed by atoms with Crippen LogP contribution < -0.4 is 10.1 Å². The molecule has 5 nitrogen and oxygen atoms in total. The maximum atomic E-state index is 11.7. The molecule has 1 amide bonds. The van der Waals surface area contributed by atoms with Crippen molar-refractivity contribution in [2.24, 2.45) is 0 Å². The molecule has 0 saturated carbocycles. The highest BCUT2D eigenvalue weighted by Crippen LogP contribution is 2.25. The predicted molar refractivity (Wildman–Crippen MR) is 74.7 cm³/mol. The molecule has 0 spiro atoms. The van der Waals surface area contributed by atoms with E-state index in [-0.39, 0.29) is 12.5 Å². The Morgan fingerprint density at radius 1 is 1.32 bits per heavy atom. The first-order chi connectivity index (χ1) is 9.08. The summed E-state index contributed by atoms with van der Waals surface area (Å²) >= 11 is 1.27. The lowest BCUT2D eigenvalue weighted by atomic mass is 10.1. The van der Waals surface area contributed by atoms with E-state index < -0.39 is 0 Å². The van der Waals surface area contributed by atoms with Gasteiger partial charge in [0.15, 0.2) is 6.61 Å². The van der Waals surface area contributed by atoms with E-state index in [1.54, 1.807) is 5.51 Å². The number of carbonyl (C=O) groups excluding carboxylic acids is 1. The van der Waals surface area contributed by atoms with E-state index in [1.165, 1.54) is 11.3 Å². The standard InChI is InChI=1S/C13H15N3O2S/c1-8-4-5-9(2)12(10(8)3)18-6-11(17)15-13-16-14-7-19-13/h4-5,7H,6H2,1-3H3,(H,15,16,17). The second kappa shape index (κ2) is 5.79. The molecule has 0 aliphatic heterocycles. The Kier molecular flexibility index (Phi) is 4.11. The molecule has 1 N–H and O–H groups in total. The zero-order valence-electron chi connectivity index (χ0n) is 11.1. The van der Waals surface area contributed by atoms with E-state index in [1.807, 2.05) is 32.9 Å². The first-order valence-electron chi connectivity index (χ1n) is 5.83. The number of benzene rings is 1. The van der Waals surface area contributed by atoms with Gasteiger partial charge in [-0.1, -0.05) is 23.5 Å². The summed E-state index contributed by atoms with van der Waals surface area (Å²) in [6, 6.07) is 4.03. The lowest BCUT2D eigenvalue weighted by Crippen LogP contribution is -2.20. The van der Waals surface area contributed by atoms with Crippen LogP contribution in [0.3, 0.4) is 0 Å². The summed E-state index contributed by atoms with van der Waals surface area (Å²) in [5.74, 6) is 0.532. The van der Waals surface area contributed by atoms with Crippen LogP contribution >= 0.6 is 11.3 Å². The van der Waals surface area contributed by atoms with E-state index in [4.69, 9.17) is 4.74 Å². The van der Waals surface area contributed by atoms with Crippen LogP contribution in [0.2, 0.25) is 0 Å². The molecule has 0 aliphatic rings. The third kappa shape index (κ3) is 3.29. The van der Waals surface area contributed by atoms with Crippen molar-refractivity contribution in [3.05, 3.63) is 34.3 Å². The molecule has 1 heterocycles. The highest BCUT2D eigenvalue weighted by Gasteiger charge is 2.10. The summed E-state index contributed by atoms with van der Waals surface area (Å²) in [7, 11) is 0. The highest BCUT2D eigenvalue weighted by atomic mass is 32.1. The van der Waals surface area contributed by atoms with Gasteiger partial charge in [0.1, 0.15) is 11.3 Å². The Morgan fingerprint density at radius 3 is 2.74 bits per heavy atom. The molecule has 0 aliphatic carbocycles. The van der Waals surface area contributed by atoms with Gasteiger partial charge in [0.25, 0.3) is 5.91 Å². The number of carbonyl (C=O) groups is 1. The molecule has 0 fully saturated rings. The van der Waals surface area contributed by atoms with Crippen LogP contribution in [0, 0.1) is 20.8 Å². The number of aromatic nitrogens is 2. The maximum Gasteiger partial charge on any atom is 0.264 e. The summed E-state index contributed by atoms with van der Waals surface area (Å²) in [6.07, 6.45) is 0. The molecule has 2 rings (SSSR count). The van der Waals surface area contributed by atoms with Crippen LogP contribution in [-0.2, 0) is 4.79 Å². The van der Waals surface area contributed by atoms with Crippen molar-refractivity contribution in [2.45, 2.75) is 20.8 Å². The van der Waals surface area contributed by atoms with Gasteiger partial charge in [-0.15, -0.1) is 10.2 Å². The predicted octanol–water partition coefficient (Wildman–Crippen LogP) is 2.48. The van der Waals surface area contributed by atoms with E-state index in [2.05, 4.69) is 15.5 Å². The number of hydrogen-bond acceptors (Lipinski definition) is 5.